The van der Waals surface area contributed by atoms with Crippen molar-refractivity contribution in [1.82, 2.24) is 9.88 Å². The first-order valence-electron chi connectivity index (χ1n) is 9.48. The van der Waals surface area contributed by atoms with Gasteiger partial charge in [-0.05, 0) is 25.1 Å². The zero-order valence-electron chi connectivity index (χ0n) is 15.7. The number of para-hydroxylation sites is 1. The first kappa shape index (κ1) is 17.5. The number of aromatic nitrogens is 1. The normalized spacial score (nSPS) is 16.9. The molecule has 1 fully saturated rings. The van der Waals surface area contributed by atoms with Gasteiger partial charge in [0, 0.05) is 78.9 Å². The molecule has 27 heavy (non-hydrogen) atoms. The number of hydrogen-bond donors (Lipinski definition) is 1. The predicted octanol–water partition coefficient (Wildman–Crippen LogP) is 3.64. The summed E-state index contributed by atoms with van der Waals surface area (Å²) in [5.74, 6) is 0. The molecule has 5 heteroatoms. The third-order valence-electron chi connectivity index (χ3n) is 5.13. The number of benzene rings is 1. The number of allylic oxidation sites excluding steroid dienone is 1. The molecule has 2 aliphatic heterocycles. The molecule has 4 rings (SSSR count). The van der Waals surface area contributed by atoms with Crippen LogP contribution in [-0.4, -0.2) is 54.0 Å². The Labute approximate surface area is 160 Å². The van der Waals surface area contributed by atoms with Crippen LogP contribution in [0.25, 0.3) is 11.1 Å². The summed E-state index contributed by atoms with van der Waals surface area (Å²) in [5, 5.41) is 7.65. The van der Waals surface area contributed by atoms with Gasteiger partial charge in [-0.2, -0.15) is 0 Å². The summed E-state index contributed by atoms with van der Waals surface area (Å²) in [7, 11) is 0. The molecule has 2 aromatic rings. The van der Waals surface area contributed by atoms with Gasteiger partial charge in [-0.1, -0.05) is 24.3 Å². The molecule has 1 aromatic carbocycles. The van der Waals surface area contributed by atoms with Crippen LogP contribution in [0, 0.1) is 5.41 Å². The van der Waals surface area contributed by atoms with Crippen LogP contribution in [0.2, 0.25) is 0 Å². The van der Waals surface area contributed by atoms with Crippen LogP contribution in [0.15, 0.2) is 65.6 Å². The molecule has 0 amide bonds. The fraction of sp³-hybridized carbons (Fsp3) is 0.318. The van der Waals surface area contributed by atoms with Gasteiger partial charge in [0.1, 0.15) is 0 Å². The fourth-order valence-electron chi connectivity index (χ4n) is 3.79. The van der Waals surface area contributed by atoms with Crippen LogP contribution >= 0.6 is 0 Å². The summed E-state index contributed by atoms with van der Waals surface area (Å²) in [6, 6.07) is 12.7. The van der Waals surface area contributed by atoms with Gasteiger partial charge < -0.3 is 15.2 Å². The Morgan fingerprint density at radius 2 is 1.81 bits per heavy atom. The van der Waals surface area contributed by atoms with Crippen LogP contribution < -0.4 is 4.90 Å². The Morgan fingerprint density at radius 1 is 1.04 bits per heavy atom. The molecule has 138 valence electrons. The molecule has 1 aromatic heterocycles. The second-order valence-corrected chi connectivity index (χ2v) is 7.13. The second-order valence-electron chi connectivity index (χ2n) is 7.13. The van der Waals surface area contributed by atoms with E-state index in [0.717, 1.165) is 44.0 Å². The molecule has 1 N–H and O–H groups in total. The molecule has 0 bridgehead atoms. The smallest absolute Gasteiger partial charge is 0.0792 e. The quantitative estimate of drug-likeness (QED) is 0.829. The molecule has 0 radical (unpaired) electrons. The van der Waals surface area contributed by atoms with E-state index < -0.39 is 0 Å². The van der Waals surface area contributed by atoms with Crippen LogP contribution in [0.5, 0.6) is 0 Å². The van der Waals surface area contributed by atoms with E-state index in [9.17, 15) is 0 Å². The Bertz CT molecular complexity index is 877. The van der Waals surface area contributed by atoms with Gasteiger partial charge in [-0.15, -0.1) is 0 Å². The number of piperazine rings is 1. The molecule has 2 aliphatic rings. The van der Waals surface area contributed by atoms with E-state index in [2.05, 4.69) is 56.2 Å². The summed E-state index contributed by atoms with van der Waals surface area (Å²) in [6.07, 6.45) is 6.60. The molecule has 0 aliphatic carbocycles. The highest BCUT2D eigenvalue weighted by atomic mass is 15.3. The summed E-state index contributed by atoms with van der Waals surface area (Å²) >= 11 is 0. The zero-order chi connectivity index (χ0) is 18.6. The van der Waals surface area contributed by atoms with E-state index in [4.69, 9.17) is 5.41 Å². The maximum Gasteiger partial charge on any atom is 0.0792 e. The number of aliphatic imine (C=N–C) groups is 1. The summed E-state index contributed by atoms with van der Waals surface area (Å²) in [4.78, 5) is 13.8. The fourth-order valence-corrected chi connectivity index (χ4v) is 3.79. The summed E-state index contributed by atoms with van der Waals surface area (Å²) < 4.78 is 0. The lowest BCUT2D eigenvalue weighted by Gasteiger charge is -2.38. The highest BCUT2D eigenvalue weighted by Crippen LogP contribution is 2.31. The van der Waals surface area contributed by atoms with E-state index >= 15 is 0 Å². The lowest BCUT2D eigenvalue weighted by Crippen LogP contribution is -2.46. The van der Waals surface area contributed by atoms with Gasteiger partial charge in [0.15, 0.2) is 0 Å². The maximum absolute atomic E-state index is 7.65. The minimum Gasteiger partial charge on any atom is -0.370 e. The maximum atomic E-state index is 7.65. The van der Waals surface area contributed by atoms with E-state index in [1.165, 1.54) is 16.9 Å². The van der Waals surface area contributed by atoms with Gasteiger partial charge in [0.2, 0.25) is 0 Å². The SMILES string of the molecule is CC(=N)CC1=NCC(N2CCN(c3ccccc3-c3cccnc3)CC2)=C1. The van der Waals surface area contributed by atoms with Gasteiger partial charge >= 0.3 is 0 Å². The van der Waals surface area contributed by atoms with Crippen molar-refractivity contribution in [3.63, 3.8) is 0 Å². The zero-order valence-corrected chi connectivity index (χ0v) is 15.7. The molecule has 0 unspecified atom stereocenters. The topological polar surface area (TPSA) is 55.6 Å². The van der Waals surface area contributed by atoms with Crippen LogP contribution in [0.3, 0.4) is 0 Å². The minimum atomic E-state index is 0.669. The Kier molecular flexibility index (Phi) is 5.01. The van der Waals surface area contributed by atoms with Crippen molar-refractivity contribution in [2.75, 3.05) is 37.6 Å². The number of nitrogens with zero attached hydrogens (tertiary/aromatic N) is 4. The second kappa shape index (κ2) is 7.74. The standard InChI is InChI=1S/C22H25N5/c1-17(23)13-19-14-20(16-25-19)26-9-11-27(12-10-26)22-7-3-2-6-21(22)18-5-4-8-24-15-18/h2-8,14-15,23H,9-13,16H2,1H3. The minimum absolute atomic E-state index is 0.669. The van der Waals surface area contributed by atoms with E-state index in [-0.39, 0.29) is 0 Å². The molecule has 0 atom stereocenters. The third kappa shape index (κ3) is 3.92. The number of hydrogen-bond acceptors (Lipinski definition) is 5. The van der Waals surface area contributed by atoms with Crippen molar-refractivity contribution in [3.8, 4) is 11.1 Å². The molecule has 5 nitrogen and oxygen atoms in total. The van der Waals surface area contributed by atoms with Gasteiger partial charge in [0.25, 0.3) is 0 Å². The largest absolute Gasteiger partial charge is 0.370 e. The lowest BCUT2D eigenvalue weighted by molar-refractivity contribution is 0.320. The van der Waals surface area contributed by atoms with Crippen LogP contribution in [-0.2, 0) is 0 Å². The van der Waals surface area contributed by atoms with Gasteiger partial charge in [0.05, 0.1) is 6.54 Å². The third-order valence-corrected chi connectivity index (χ3v) is 5.13. The number of pyridine rings is 1. The van der Waals surface area contributed by atoms with Crippen LogP contribution in [0.1, 0.15) is 13.3 Å². The molecular weight excluding hydrogens is 334 g/mol. The number of anilines is 1. The highest BCUT2D eigenvalue weighted by molar-refractivity contribution is 6.09. The molecule has 0 saturated carbocycles. The Hall–Kier alpha value is -2.95. The first-order valence-corrected chi connectivity index (χ1v) is 9.48. The highest BCUT2D eigenvalue weighted by Gasteiger charge is 2.22. The number of rotatable bonds is 5. The Morgan fingerprint density at radius 3 is 2.56 bits per heavy atom. The molecule has 3 heterocycles. The van der Waals surface area contributed by atoms with E-state index in [1.54, 1.807) is 0 Å². The van der Waals surface area contributed by atoms with Crippen molar-refractivity contribution < 1.29 is 0 Å². The molecular formula is C22H25N5. The average molecular weight is 359 g/mol. The van der Waals surface area contributed by atoms with Crippen molar-refractivity contribution in [1.29, 1.82) is 5.41 Å². The summed E-state index contributed by atoms with van der Waals surface area (Å²) in [6.45, 7) is 6.59. The average Bonchev–Trinajstić information content (AvgIpc) is 3.16. The number of nitrogens with one attached hydrogen (secondary N) is 1. The van der Waals surface area contributed by atoms with Crippen LogP contribution in [0.4, 0.5) is 5.69 Å². The summed E-state index contributed by atoms with van der Waals surface area (Å²) in [5.41, 5.74) is 6.69. The van der Waals surface area contributed by atoms with E-state index in [1.807, 2.05) is 25.4 Å². The lowest BCUT2D eigenvalue weighted by atomic mass is 10.0. The molecule has 0 spiro atoms. The van der Waals surface area contributed by atoms with E-state index in [0.29, 0.717) is 12.1 Å². The van der Waals surface area contributed by atoms with Gasteiger partial charge in [-0.3, -0.25) is 9.98 Å². The Balaban J connectivity index is 1.45. The van der Waals surface area contributed by atoms with Crippen molar-refractivity contribution in [3.05, 3.63) is 60.6 Å². The molecule has 1 saturated heterocycles. The van der Waals surface area contributed by atoms with Crippen molar-refractivity contribution >= 4 is 17.1 Å². The first-order chi connectivity index (χ1) is 13.2. The van der Waals surface area contributed by atoms with Crippen molar-refractivity contribution in [2.45, 2.75) is 13.3 Å². The van der Waals surface area contributed by atoms with Crippen molar-refractivity contribution in [2.24, 2.45) is 4.99 Å². The predicted molar refractivity (Wildman–Crippen MR) is 112 cm³/mol. The monoisotopic (exact) mass is 359 g/mol. The van der Waals surface area contributed by atoms with Gasteiger partial charge in [-0.25, -0.2) is 0 Å².